The van der Waals surface area contributed by atoms with Crippen LogP contribution in [0.1, 0.15) is 54.4 Å². The maximum Gasteiger partial charge on any atom is 0.0725 e. The third-order valence-electron chi connectivity index (χ3n) is 7.81. The van der Waals surface area contributed by atoms with Crippen LogP contribution in [-0.4, -0.2) is 23.9 Å². The van der Waals surface area contributed by atoms with Crippen LogP contribution in [-0.2, 0) is 10.2 Å². The van der Waals surface area contributed by atoms with Gasteiger partial charge in [-0.3, -0.25) is 0 Å². The van der Waals surface area contributed by atoms with E-state index in [0.717, 1.165) is 12.8 Å². The van der Waals surface area contributed by atoms with Crippen molar-refractivity contribution in [2.45, 2.75) is 49.2 Å². The number of hydrogen-bond donors (Lipinski definition) is 1. The maximum atomic E-state index is 11.8. The Hall–Kier alpha value is -1.90. The van der Waals surface area contributed by atoms with Crippen molar-refractivity contribution in [1.29, 1.82) is 0 Å². The zero-order valence-electron chi connectivity index (χ0n) is 16.2. The second-order valence-electron chi connectivity index (χ2n) is 8.68. The molecule has 0 amide bonds. The van der Waals surface area contributed by atoms with Crippen molar-refractivity contribution in [2.24, 2.45) is 11.8 Å². The highest BCUT2D eigenvalue weighted by Gasteiger charge is 2.68. The van der Waals surface area contributed by atoms with Gasteiger partial charge in [-0.05, 0) is 54.4 Å². The number of hydrogen-bond acceptors (Lipinski definition) is 2. The van der Waals surface area contributed by atoms with Gasteiger partial charge in [-0.15, -0.1) is 6.58 Å². The molecule has 2 heteroatoms. The zero-order valence-corrected chi connectivity index (χ0v) is 16.2. The van der Waals surface area contributed by atoms with Gasteiger partial charge in [-0.2, -0.15) is 0 Å². The number of rotatable bonds is 4. The predicted molar refractivity (Wildman–Crippen MR) is 108 cm³/mol. The molecule has 0 radical (unpaired) electrons. The molecule has 2 nitrogen and oxygen atoms in total. The van der Waals surface area contributed by atoms with Crippen LogP contribution in [0, 0.1) is 11.8 Å². The Morgan fingerprint density at radius 3 is 2.30 bits per heavy atom. The average Bonchev–Trinajstić information content (AvgIpc) is 3.05. The molecular weight excluding hydrogens is 332 g/mol. The van der Waals surface area contributed by atoms with Crippen molar-refractivity contribution in [2.75, 3.05) is 7.11 Å². The Balaban J connectivity index is 1.89. The van der Waals surface area contributed by atoms with Gasteiger partial charge in [-0.1, -0.05) is 54.6 Å². The maximum absolute atomic E-state index is 11.8. The summed E-state index contributed by atoms with van der Waals surface area (Å²) in [4.78, 5) is 0. The highest BCUT2D eigenvalue weighted by atomic mass is 16.5. The van der Waals surface area contributed by atoms with E-state index in [9.17, 15) is 5.11 Å². The van der Waals surface area contributed by atoms with E-state index in [2.05, 4.69) is 62.0 Å². The molecule has 0 heterocycles. The summed E-state index contributed by atoms with van der Waals surface area (Å²) in [6.07, 6.45) is 4.41. The van der Waals surface area contributed by atoms with Gasteiger partial charge in [-0.25, -0.2) is 0 Å². The molecule has 2 bridgehead atoms. The van der Waals surface area contributed by atoms with Crippen LogP contribution < -0.4 is 0 Å². The molecule has 1 N–H and O–H groups in total. The first-order valence-corrected chi connectivity index (χ1v) is 10.1. The van der Waals surface area contributed by atoms with E-state index in [0.29, 0.717) is 18.3 Å². The molecule has 2 aromatic rings. The molecule has 1 saturated carbocycles. The largest absolute Gasteiger partial charge is 0.389 e. The van der Waals surface area contributed by atoms with E-state index in [1.807, 2.05) is 13.2 Å². The molecule has 4 atom stereocenters. The van der Waals surface area contributed by atoms with Gasteiger partial charge in [0, 0.05) is 18.9 Å². The van der Waals surface area contributed by atoms with Crippen molar-refractivity contribution in [3.63, 3.8) is 0 Å². The third kappa shape index (κ3) is 1.93. The number of benzene rings is 2. The lowest BCUT2D eigenvalue weighted by molar-refractivity contribution is -0.0839. The number of methoxy groups -OCH3 is 1. The van der Waals surface area contributed by atoms with E-state index in [1.165, 1.54) is 22.3 Å². The minimum absolute atomic E-state index is 0.0250. The smallest absolute Gasteiger partial charge is 0.0725 e. The van der Waals surface area contributed by atoms with Gasteiger partial charge in [0.1, 0.15) is 0 Å². The molecule has 0 unspecified atom stereocenters. The van der Waals surface area contributed by atoms with Crippen molar-refractivity contribution in [3.8, 4) is 0 Å². The Labute approximate surface area is 161 Å². The van der Waals surface area contributed by atoms with Gasteiger partial charge in [0.2, 0.25) is 0 Å². The van der Waals surface area contributed by atoms with Crippen molar-refractivity contribution in [1.82, 2.24) is 0 Å². The summed E-state index contributed by atoms with van der Waals surface area (Å²) in [6.45, 7) is 6.14. The van der Waals surface area contributed by atoms with Crippen LogP contribution in [0.3, 0.4) is 0 Å². The van der Waals surface area contributed by atoms with Gasteiger partial charge in [0.25, 0.3) is 0 Å². The first kappa shape index (κ1) is 17.2. The fraction of sp³-hybridized carbons (Fsp3) is 0.440. The molecule has 2 aromatic carbocycles. The van der Waals surface area contributed by atoms with E-state index in [-0.39, 0.29) is 17.4 Å². The lowest BCUT2D eigenvalue weighted by Gasteiger charge is -2.61. The van der Waals surface area contributed by atoms with Crippen molar-refractivity contribution < 1.29 is 9.84 Å². The summed E-state index contributed by atoms with van der Waals surface area (Å²) in [6, 6.07) is 17.8. The van der Waals surface area contributed by atoms with Gasteiger partial charge in [0.15, 0.2) is 0 Å². The van der Waals surface area contributed by atoms with E-state index >= 15 is 0 Å². The van der Waals surface area contributed by atoms with Crippen molar-refractivity contribution >= 4 is 0 Å². The van der Waals surface area contributed by atoms with Crippen LogP contribution in [0.5, 0.6) is 0 Å². The fourth-order valence-electron chi connectivity index (χ4n) is 7.01. The third-order valence-corrected chi connectivity index (χ3v) is 7.81. The summed E-state index contributed by atoms with van der Waals surface area (Å²) in [7, 11) is 1.81. The van der Waals surface area contributed by atoms with E-state index in [4.69, 9.17) is 4.74 Å². The van der Waals surface area contributed by atoms with Crippen LogP contribution in [0.4, 0.5) is 0 Å². The molecule has 0 aromatic heterocycles. The summed E-state index contributed by atoms with van der Waals surface area (Å²) in [5, 5.41) is 11.8. The van der Waals surface area contributed by atoms with Gasteiger partial charge >= 0.3 is 0 Å². The van der Waals surface area contributed by atoms with Crippen molar-refractivity contribution in [3.05, 3.63) is 83.4 Å². The molecule has 1 fully saturated rings. The van der Waals surface area contributed by atoms with Crippen LogP contribution in [0.2, 0.25) is 0 Å². The first-order chi connectivity index (χ1) is 13.1. The minimum Gasteiger partial charge on any atom is -0.389 e. The molecular formula is C25H28O2. The lowest BCUT2D eigenvalue weighted by atomic mass is 9.44. The topological polar surface area (TPSA) is 29.5 Å². The molecule has 27 heavy (non-hydrogen) atoms. The van der Waals surface area contributed by atoms with E-state index in [1.54, 1.807) is 0 Å². The molecule has 140 valence electrons. The fourth-order valence-corrected chi connectivity index (χ4v) is 7.01. The molecule has 4 aliphatic carbocycles. The van der Waals surface area contributed by atoms with Crippen LogP contribution in [0.15, 0.2) is 61.2 Å². The Bertz CT molecular complexity index is 853. The average molecular weight is 360 g/mol. The summed E-state index contributed by atoms with van der Waals surface area (Å²) < 4.78 is 6.06. The predicted octanol–water partition coefficient (Wildman–Crippen LogP) is 4.80. The normalized spacial score (nSPS) is 36.6. The molecule has 0 spiro atoms. The standard InChI is InChI=1S/C25H28O2/c1-4-14-24(26)15-13-19-22-17-9-5-7-11-20(17)25(23(19)24,16(2)27-3)21-12-8-6-10-18(21)22/h4-12,16,19,22-23,26H,1,13-15H2,2-3H3/t16-,19-,22?,23+,24-,25?/m0/s1. The molecule has 4 aliphatic rings. The second kappa shape index (κ2) is 5.80. The van der Waals surface area contributed by atoms with E-state index < -0.39 is 5.60 Å². The van der Waals surface area contributed by atoms with Crippen LogP contribution in [0.25, 0.3) is 0 Å². The first-order valence-electron chi connectivity index (χ1n) is 10.1. The monoisotopic (exact) mass is 360 g/mol. The summed E-state index contributed by atoms with van der Waals surface area (Å²) in [5.74, 6) is 0.956. The highest BCUT2D eigenvalue weighted by Crippen LogP contribution is 2.69. The quantitative estimate of drug-likeness (QED) is 0.794. The minimum atomic E-state index is -0.724. The lowest BCUT2D eigenvalue weighted by Crippen LogP contribution is -2.62. The number of aliphatic hydroxyl groups is 1. The van der Waals surface area contributed by atoms with Gasteiger partial charge < -0.3 is 9.84 Å². The van der Waals surface area contributed by atoms with Gasteiger partial charge in [0.05, 0.1) is 17.1 Å². The number of ether oxygens (including phenoxy) is 1. The second-order valence-corrected chi connectivity index (χ2v) is 8.68. The molecule has 6 rings (SSSR count). The molecule has 0 aliphatic heterocycles. The Morgan fingerprint density at radius 2 is 1.74 bits per heavy atom. The Morgan fingerprint density at radius 1 is 1.15 bits per heavy atom. The SMILES string of the molecule is C=CC[C@]1(O)CC[C@H]2C3c4ccccc4C([C@H](C)OC)(c4ccccc43)[C@H]21. The Kier molecular flexibility index (Phi) is 3.70. The summed E-state index contributed by atoms with van der Waals surface area (Å²) in [5.41, 5.74) is 4.53. The summed E-state index contributed by atoms with van der Waals surface area (Å²) >= 11 is 0. The molecule has 0 saturated heterocycles. The zero-order chi connectivity index (χ0) is 18.8. The highest BCUT2D eigenvalue weighted by molar-refractivity contribution is 5.62. The van der Waals surface area contributed by atoms with Crippen LogP contribution >= 0.6 is 0 Å².